The molecule has 2 aromatic carbocycles. The molecule has 5 rings (SSSR count). The summed E-state index contributed by atoms with van der Waals surface area (Å²) in [5.74, 6) is -0.355. The Morgan fingerprint density at radius 3 is 2.61 bits per heavy atom. The molecule has 0 radical (unpaired) electrons. The highest BCUT2D eigenvalue weighted by Crippen LogP contribution is 2.31. The van der Waals surface area contributed by atoms with Gasteiger partial charge in [0.15, 0.2) is 0 Å². The van der Waals surface area contributed by atoms with Crippen LogP contribution in [0.1, 0.15) is 26.5 Å². The van der Waals surface area contributed by atoms with Gasteiger partial charge in [-0.1, -0.05) is 30.3 Å². The van der Waals surface area contributed by atoms with Crippen LogP contribution in [0.3, 0.4) is 0 Å². The van der Waals surface area contributed by atoms with Crippen molar-refractivity contribution in [3.63, 3.8) is 0 Å². The largest absolute Gasteiger partial charge is 0.337 e. The average molecular weight is 460 g/mol. The van der Waals surface area contributed by atoms with Crippen molar-refractivity contribution in [3.05, 3.63) is 101 Å². The Morgan fingerprint density at radius 1 is 1.09 bits per heavy atom. The first-order chi connectivity index (χ1) is 16.0. The lowest BCUT2D eigenvalue weighted by Crippen LogP contribution is -2.25. The molecule has 0 aliphatic rings. The highest BCUT2D eigenvalue weighted by Gasteiger charge is 2.20. The van der Waals surface area contributed by atoms with Crippen molar-refractivity contribution in [1.29, 1.82) is 0 Å². The number of carbonyl (C=O) groups is 1. The minimum atomic E-state index is -0.297. The second kappa shape index (κ2) is 8.63. The third-order valence-electron chi connectivity index (χ3n) is 5.47. The Bertz CT molecular complexity index is 1420. The fraction of sp³-hybridized carbons (Fsp3) is 0.160. The average Bonchev–Trinajstić information content (AvgIpc) is 3.52. The molecular formula is C25H22FN5OS. The third-order valence-corrected chi connectivity index (χ3v) is 6.57. The molecule has 1 amide bonds. The number of halogens is 1. The van der Waals surface area contributed by atoms with Crippen LogP contribution < -0.4 is 0 Å². The van der Waals surface area contributed by atoms with Crippen LogP contribution in [0.2, 0.25) is 0 Å². The van der Waals surface area contributed by atoms with Crippen LogP contribution in [-0.2, 0) is 13.1 Å². The van der Waals surface area contributed by atoms with Gasteiger partial charge in [0.1, 0.15) is 10.6 Å². The molecule has 0 N–H and O–H groups in total. The highest BCUT2D eigenvalue weighted by atomic mass is 32.1. The molecular weight excluding hydrogens is 437 g/mol. The van der Waals surface area contributed by atoms with Crippen molar-refractivity contribution < 1.29 is 9.18 Å². The Hall–Kier alpha value is -3.78. The number of benzene rings is 2. The van der Waals surface area contributed by atoms with Crippen LogP contribution in [-0.4, -0.2) is 37.4 Å². The molecule has 8 heteroatoms. The van der Waals surface area contributed by atoms with Crippen molar-refractivity contribution in [3.8, 4) is 5.69 Å². The van der Waals surface area contributed by atoms with Gasteiger partial charge in [0.2, 0.25) is 0 Å². The van der Waals surface area contributed by atoms with E-state index in [0.29, 0.717) is 18.0 Å². The van der Waals surface area contributed by atoms with Crippen LogP contribution in [0.15, 0.2) is 73.1 Å². The Labute approximate surface area is 194 Å². The van der Waals surface area contributed by atoms with Gasteiger partial charge in [0.05, 0.1) is 29.0 Å². The van der Waals surface area contributed by atoms with Crippen LogP contribution >= 0.6 is 11.3 Å². The van der Waals surface area contributed by atoms with Crippen LogP contribution in [0.25, 0.3) is 15.9 Å². The topological polar surface area (TPSA) is 56.0 Å². The van der Waals surface area contributed by atoms with Gasteiger partial charge in [-0.05, 0) is 42.8 Å². The molecule has 0 spiro atoms. The number of fused-ring (bicyclic) bond motifs is 1. The first-order valence-electron chi connectivity index (χ1n) is 10.5. The van der Waals surface area contributed by atoms with Gasteiger partial charge in [-0.15, -0.1) is 11.3 Å². The minimum absolute atomic E-state index is 0.0583. The zero-order valence-electron chi connectivity index (χ0n) is 18.3. The molecule has 0 aliphatic heterocycles. The van der Waals surface area contributed by atoms with Crippen LogP contribution in [0, 0.1) is 12.7 Å². The van der Waals surface area contributed by atoms with Crippen molar-refractivity contribution >= 4 is 27.5 Å². The SMILES string of the molecule is Cc1nn(-c2ccc(F)cc2)c2sc(C(=O)N(C)Cc3cnn(Cc4ccccc4)c3)cc12. The molecule has 5 aromatic rings. The van der Waals surface area contributed by atoms with E-state index in [2.05, 4.69) is 22.3 Å². The molecule has 166 valence electrons. The second-order valence-electron chi connectivity index (χ2n) is 8.00. The van der Waals surface area contributed by atoms with Gasteiger partial charge in [0, 0.05) is 30.7 Å². The number of carbonyl (C=O) groups excluding carboxylic acids is 1. The van der Waals surface area contributed by atoms with Crippen LogP contribution in [0.4, 0.5) is 4.39 Å². The van der Waals surface area contributed by atoms with Gasteiger partial charge in [-0.3, -0.25) is 9.48 Å². The quantitative estimate of drug-likeness (QED) is 0.357. The summed E-state index contributed by atoms with van der Waals surface area (Å²) in [6, 6.07) is 18.2. The normalized spacial score (nSPS) is 11.2. The monoisotopic (exact) mass is 459 g/mol. The predicted molar refractivity (Wildman–Crippen MR) is 127 cm³/mol. The standard InChI is InChI=1S/C25H22FN5OS/c1-17-22-12-23(33-25(22)31(28-17)21-10-8-20(26)9-11-21)24(32)29(2)14-19-13-27-30(16-19)15-18-6-4-3-5-7-18/h3-13,16H,14-15H2,1-2H3. The van der Waals surface area contributed by atoms with E-state index in [0.717, 1.165) is 27.2 Å². The van der Waals surface area contributed by atoms with Crippen molar-refractivity contribution in [2.24, 2.45) is 0 Å². The van der Waals surface area contributed by atoms with Crippen LogP contribution in [0.5, 0.6) is 0 Å². The van der Waals surface area contributed by atoms with E-state index in [4.69, 9.17) is 0 Å². The van der Waals surface area contributed by atoms with Crippen molar-refractivity contribution in [2.75, 3.05) is 7.05 Å². The molecule has 0 unspecified atom stereocenters. The molecule has 6 nitrogen and oxygen atoms in total. The first-order valence-corrected chi connectivity index (χ1v) is 11.4. The summed E-state index contributed by atoms with van der Waals surface area (Å²) in [5.41, 5.74) is 3.73. The van der Waals surface area contributed by atoms with E-state index < -0.39 is 0 Å². The maximum Gasteiger partial charge on any atom is 0.264 e. The minimum Gasteiger partial charge on any atom is -0.337 e. The molecule has 0 atom stereocenters. The number of amides is 1. The summed E-state index contributed by atoms with van der Waals surface area (Å²) in [4.78, 5) is 16.3. The van der Waals surface area contributed by atoms with Gasteiger partial charge in [-0.2, -0.15) is 10.2 Å². The summed E-state index contributed by atoms with van der Waals surface area (Å²) in [7, 11) is 1.79. The molecule has 3 aromatic heterocycles. The number of rotatable bonds is 6. The maximum atomic E-state index is 13.3. The van der Waals surface area contributed by atoms with E-state index in [1.807, 2.05) is 42.1 Å². The zero-order valence-corrected chi connectivity index (χ0v) is 19.1. The lowest BCUT2D eigenvalue weighted by atomic mass is 10.2. The Morgan fingerprint density at radius 2 is 1.85 bits per heavy atom. The van der Waals surface area contributed by atoms with Crippen molar-refractivity contribution in [1.82, 2.24) is 24.5 Å². The molecule has 33 heavy (non-hydrogen) atoms. The Kier molecular flexibility index (Phi) is 5.51. The predicted octanol–water partition coefficient (Wildman–Crippen LogP) is 5.05. The fourth-order valence-electron chi connectivity index (χ4n) is 3.79. The molecule has 0 aliphatic carbocycles. The molecule has 0 fully saturated rings. The number of thiophene rings is 1. The number of hydrogen-bond acceptors (Lipinski definition) is 4. The van der Waals surface area contributed by atoms with E-state index in [1.165, 1.54) is 29.0 Å². The zero-order chi connectivity index (χ0) is 22.9. The summed E-state index contributed by atoms with van der Waals surface area (Å²) in [6.07, 6.45) is 3.77. The molecule has 0 bridgehead atoms. The molecule has 0 saturated heterocycles. The highest BCUT2D eigenvalue weighted by molar-refractivity contribution is 7.20. The van der Waals surface area contributed by atoms with E-state index in [9.17, 15) is 9.18 Å². The van der Waals surface area contributed by atoms with E-state index >= 15 is 0 Å². The smallest absolute Gasteiger partial charge is 0.264 e. The maximum absolute atomic E-state index is 13.3. The third kappa shape index (κ3) is 4.29. The van der Waals surface area contributed by atoms with Gasteiger partial charge < -0.3 is 4.90 Å². The lowest BCUT2D eigenvalue weighted by Gasteiger charge is -2.15. The first kappa shape index (κ1) is 21.1. The summed E-state index contributed by atoms with van der Waals surface area (Å²) in [6.45, 7) is 3.06. The van der Waals surface area contributed by atoms with Crippen molar-refractivity contribution in [2.45, 2.75) is 20.0 Å². The fourth-order valence-corrected chi connectivity index (χ4v) is 4.97. The molecule has 3 heterocycles. The molecule has 0 saturated carbocycles. The van der Waals surface area contributed by atoms with Gasteiger partial charge in [-0.25, -0.2) is 9.07 Å². The second-order valence-corrected chi connectivity index (χ2v) is 9.03. The van der Waals surface area contributed by atoms with Gasteiger partial charge in [0.25, 0.3) is 5.91 Å². The number of nitrogens with zero attached hydrogens (tertiary/aromatic N) is 5. The van der Waals surface area contributed by atoms with E-state index in [-0.39, 0.29) is 11.7 Å². The summed E-state index contributed by atoms with van der Waals surface area (Å²) >= 11 is 1.39. The Balaban J connectivity index is 1.33. The number of aryl methyl sites for hydroxylation is 1. The van der Waals surface area contributed by atoms with Gasteiger partial charge >= 0.3 is 0 Å². The van der Waals surface area contributed by atoms with E-state index in [1.54, 1.807) is 35.0 Å². The summed E-state index contributed by atoms with van der Waals surface area (Å²) in [5, 5.41) is 9.93. The number of aromatic nitrogens is 4. The lowest BCUT2D eigenvalue weighted by molar-refractivity contribution is 0.0790. The summed E-state index contributed by atoms with van der Waals surface area (Å²) < 4.78 is 17.0. The number of hydrogen-bond donors (Lipinski definition) is 0.